The SMILES string of the molecule is COc1ccc(C)cc1C(=O)NC(C)CCCBr. The fourth-order valence-electron chi connectivity index (χ4n) is 1.76. The van der Waals surface area contributed by atoms with E-state index in [4.69, 9.17) is 4.74 Å². The number of hydrogen-bond donors (Lipinski definition) is 1. The Kier molecular flexibility index (Phi) is 6.19. The van der Waals surface area contributed by atoms with Crippen LogP contribution in [-0.2, 0) is 0 Å². The van der Waals surface area contributed by atoms with Crippen LogP contribution in [0.1, 0.15) is 35.7 Å². The fourth-order valence-corrected chi connectivity index (χ4v) is 2.08. The minimum Gasteiger partial charge on any atom is -0.496 e. The van der Waals surface area contributed by atoms with E-state index in [1.54, 1.807) is 7.11 Å². The van der Waals surface area contributed by atoms with Crippen molar-refractivity contribution in [2.75, 3.05) is 12.4 Å². The summed E-state index contributed by atoms with van der Waals surface area (Å²) < 4.78 is 5.22. The Morgan fingerprint density at radius 3 is 2.83 bits per heavy atom. The number of aryl methyl sites for hydroxylation is 1. The lowest BCUT2D eigenvalue weighted by Gasteiger charge is -2.15. The van der Waals surface area contributed by atoms with Gasteiger partial charge in [-0.15, -0.1) is 0 Å². The van der Waals surface area contributed by atoms with Crippen LogP contribution in [-0.4, -0.2) is 24.4 Å². The molecule has 0 saturated carbocycles. The zero-order valence-electron chi connectivity index (χ0n) is 11.1. The molecule has 1 atom stereocenters. The molecule has 1 rings (SSSR count). The fraction of sp³-hybridized carbons (Fsp3) is 0.500. The van der Waals surface area contributed by atoms with Gasteiger partial charge < -0.3 is 10.1 Å². The van der Waals surface area contributed by atoms with Gasteiger partial charge >= 0.3 is 0 Å². The number of halogens is 1. The number of alkyl halides is 1. The van der Waals surface area contributed by atoms with E-state index in [2.05, 4.69) is 21.2 Å². The number of ether oxygens (including phenoxy) is 1. The van der Waals surface area contributed by atoms with E-state index >= 15 is 0 Å². The molecule has 1 unspecified atom stereocenters. The third-order valence-electron chi connectivity index (χ3n) is 2.75. The van der Waals surface area contributed by atoms with E-state index in [1.165, 1.54) is 0 Å². The summed E-state index contributed by atoms with van der Waals surface area (Å²) in [5, 5.41) is 3.95. The minimum atomic E-state index is -0.0716. The Labute approximate surface area is 117 Å². The van der Waals surface area contributed by atoms with Gasteiger partial charge in [0, 0.05) is 11.4 Å². The molecule has 0 aliphatic heterocycles. The van der Waals surface area contributed by atoms with Crippen molar-refractivity contribution in [2.45, 2.75) is 32.7 Å². The molecule has 0 aromatic heterocycles. The molecule has 3 nitrogen and oxygen atoms in total. The van der Waals surface area contributed by atoms with Gasteiger partial charge in [0.05, 0.1) is 12.7 Å². The largest absolute Gasteiger partial charge is 0.496 e. The quantitative estimate of drug-likeness (QED) is 0.818. The Morgan fingerprint density at radius 2 is 2.22 bits per heavy atom. The molecule has 0 bridgehead atoms. The van der Waals surface area contributed by atoms with Gasteiger partial charge in [-0.2, -0.15) is 0 Å². The molecule has 1 aromatic rings. The predicted octanol–water partition coefficient (Wildman–Crippen LogP) is 3.30. The monoisotopic (exact) mass is 313 g/mol. The number of methoxy groups -OCH3 is 1. The number of benzene rings is 1. The first kappa shape index (κ1) is 15.0. The van der Waals surface area contributed by atoms with E-state index in [9.17, 15) is 4.79 Å². The summed E-state index contributed by atoms with van der Waals surface area (Å²) in [5.74, 6) is 0.545. The highest BCUT2D eigenvalue weighted by molar-refractivity contribution is 9.09. The maximum absolute atomic E-state index is 12.1. The van der Waals surface area contributed by atoms with Gasteiger partial charge in [-0.05, 0) is 38.8 Å². The van der Waals surface area contributed by atoms with Gasteiger partial charge in [0.2, 0.25) is 0 Å². The number of rotatable bonds is 6. The van der Waals surface area contributed by atoms with Crippen LogP contribution < -0.4 is 10.1 Å². The molecule has 4 heteroatoms. The van der Waals surface area contributed by atoms with Crippen LogP contribution in [0.4, 0.5) is 0 Å². The maximum atomic E-state index is 12.1. The van der Waals surface area contributed by atoms with E-state index in [0.717, 1.165) is 23.7 Å². The van der Waals surface area contributed by atoms with E-state index in [1.807, 2.05) is 32.0 Å². The van der Waals surface area contributed by atoms with Crippen molar-refractivity contribution in [1.82, 2.24) is 5.32 Å². The standard InChI is InChI=1S/C14H20BrNO2/c1-10-6-7-13(18-3)12(9-10)14(17)16-11(2)5-4-8-15/h6-7,9,11H,4-5,8H2,1-3H3,(H,16,17). The Balaban J connectivity index is 2.74. The predicted molar refractivity (Wildman–Crippen MR) is 77.7 cm³/mol. The molecule has 1 amide bonds. The molecule has 1 aromatic carbocycles. The number of hydrogen-bond acceptors (Lipinski definition) is 2. The molecule has 1 N–H and O–H groups in total. The summed E-state index contributed by atoms with van der Waals surface area (Å²) in [5.41, 5.74) is 1.65. The average molecular weight is 314 g/mol. The lowest BCUT2D eigenvalue weighted by atomic mass is 10.1. The summed E-state index contributed by atoms with van der Waals surface area (Å²) in [7, 11) is 1.58. The number of amides is 1. The number of carbonyl (C=O) groups is 1. The highest BCUT2D eigenvalue weighted by atomic mass is 79.9. The first-order chi connectivity index (χ1) is 8.58. The second-order valence-corrected chi connectivity index (χ2v) is 5.20. The van der Waals surface area contributed by atoms with E-state index in [-0.39, 0.29) is 11.9 Å². The lowest BCUT2D eigenvalue weighted by molar-refractivity contribution is 0.0935. The van der Waals surface area contributed by atoms with Crippen molar-refractivity contribution in [1.29, 1.82) is 0 Å². The van der Waals surface area contributed by atoms with Crippen LogP contribution in [0.15, 0.2) is 18.2 Å². The second-order valence-electron chi connectivity index (χ2n) is 4.41. The van der Waals surface area contributed by atoms with Crippen molar-refractivity contribution < 1.29 is 9.53 Å². The molecule has 100 valence electrons. The van der Waals surface area contributed by atoms with Crippen LogP contribution in [0.25, 0.3) is 0 Å². The lowest BCUT2D eigenvalue weighted by Crippen LogP contribution is -2.32. The van der Waals surface area contributed by atoms with Gasteiger partial charge in [0.25, 0.3) is 5.91 Å². The number of nitrogens with one attached hydrogen (secondary N) is 1. The van der Waals surface area contributed by atoms with E-state index < -0.39 is 0 Å². The topological polar surface area (TPSA) is 38.3 Å². The van der Waals surface area contributed by atoms with Crippen LogP contribution in [0.3, 0.4) is 0 Å². The molecular formula is C14H20BrNO2. The van der Waals surface area contributed by atoms with Gasteiger partial charge in [-0.1, -0.05) is 27.6 Å². The van der Waals surface area contributed by atoms with Crippen LogP contribution in [0.2, 0.25) is 0 Å². The molecule has 18 heavy (non-hydrogen) atoms. The van der Waals surface area contributed by atoms with Gasteiger partial charge in [0.15, 0.2) is 0 Å². The minimum absolute atomic E-state index is 0.0716. The first-order valence-corrected chi connectivity index (χ1v) is 7.22. The molecule has 0 radical (unpaired) electrons. The molecule has 0 aliphatic rings. The first-order valence-electron chi connectivity index (χ1n) is 6.10. The second kappa shape index (κ2) is 7.41. The van der Waals surface area contributed by atoms with Crippen LogP contribution >= 0.6 is 15.9 Å². The molecule has 0 fully saturated rings. The summed E-state index contributed by atoms with van der Waals surface area (Å²) in [4.78, 5) is 12.1. The third-order valence-corrected chi connectivity index (χ3v) is 3.31. The maximum Gasteiger partial charge on any atom is 0.255 e. The molecule has 0 heterocycles. The summed E-state index contributed by atoms with van der Waals surface area (Å²) >= 11 is 3.39. The van der Waals surface area contributed by atoms with Crippen molar-refractivity contribution >= 4 is 21.8 Å². The Hall–Kier alpha value is -1.03. The normalized spacial score (nSPS) is 12.0. The highest BCUT2D eigenvalue weighted by Crippen LogP contribution is 2.19. The van der Waals surface area contributed by atoms with Crippen LogP contribution in [0.5, 0.6) is 5.75 Å². The highest BCUT2D eigenvalue weighted by Gasteiger charge is 2.14. The van der Waals surface area contributed by atoms with Crippen LogP contribution in [0, 0.1) is 6.92 Å². The summed E-state index contributed by atoms with van der Waals surface area (Å²) in [6.45, 7) is 3.98. The van der Waals surface area contributed by atoms with Gasteiger partial charge in [-0.25, -0.2) is 0 Å². The van der Waals surface area contributed by atoms with Crippen molar-refractivity contribution in [3.63, 3.8) is 0 Å². The van der Waals surface area contributed by atoms with Gasteiger partial charge in [-0.3, -0.25) is 4.79 Å². The van der Waals surface area contributed by atoms with Crippen molar-refractivity contribution in [3.8, 4) is 5.75 Å². The average Bonchev–Trinajstić information content (AvgIpc) is 2.36. The molecule has 0 aliphatic carbocycles. The summed E-state index contributed by atoms with van der Waals surface area (Å²) in [6, 6.07) is 5.78. The number of carbonyl (C=O) groups excluding carboxylic acids is 1. The Morgan fingerprint density at radius 1 is 1.50 bits per heavy atom. The molecule has 0 spiro atoms. The van der Waals surface area contributed by atoms with Crippen molar-refractivity contribution in [2.24, 2.45) is 0 Å². The molecular weight excluding hydrogens is 294 g/mol. The summed E-state index contributed by atoms with van der Waals surface area (Å²) in [6.07, 6.45) is 2.01. The zero-order chi connectivity index (χ0) is 13.5. The smallest absolute Gasteiger partial charge is 0.255 e. The zero-order valence-corrected chi connectivity index (χ0v) is 12.7. The van der Waals surface area contributed by atoms with Gasteiger partial charge in [0.1, 0.15) is 5.75 Å². The Bertz CT molecular complexity index is 407. The molecule has 0 saturated heterocycles. The van der Waals surface area contributed by atoms with E-state index in [0.29, 0.717) is 11.3 Å². The third kappa shape index (κ3) is 4.33. The van der Waals surface area contributed by atoms with Crippen molar-refractivity contribution in [3.05, 3.63) is 29.3 Å².